The van der Waals surface area contributed by atoms with Gasteiger partial charge in [0.1, 0.15) is 11.4 Å². The van der Waals surface area contributed by atoms with Gasteiger partial charge in [-0.15, -0.1) is 0 Å². The summed E-state index contributed by atoms with van der Waals surface area (Å²) in [4.78, 5) is 40.8. The van der Waals surface area contributed by atoms with Crippen molar-refractivity contribution >= 4 is 26.9 Å². The molecule has 1 amide bonds. The van der Waals surface area contributed by atoms with Crippen LogP contribution in [0, 0.1) is 35.0 Å². The Kier molecular flexibility index (Phi) is 17.3. The molecule has 1 unspecified atom stereocenters. The standard InChI is InChI=1S/C37H66N2O8Si/c1-24(2)26(23-39-32(40)27-18-14-15-19-29(27)45-21-17-16-20-44-11)22-28(33(41)46-36(8,9)10)30(35(5,6)7)31(38)37(25(3)4,34(42)43)47-48(12)13/h14-15,18-19,24-26,28,30-31,48H,16-17,20-23,38H2,1-13H3,(H,39,40)(H,42,43)/t26-,28+,30-,31?,37+/m1/s1. The van der Waals surface area contributed by atoms with Crippen LogP contribution < -0.4 is 15.8 Å². The van der Waals surface area contributed by atoms with Crippen molar-refractivity contribution in [3.8, 4) is 5.75 Å². The van der Waals surface area contributed by atoms with E-state index in [-0.39, 0.29) is 24.3 Å². The molecule has 0 aliphatic carbocycles. The fourth-order valence-electron chi connectivity index (χ4n) is 6.40. The summed E-state index contributed by atoms with van der Waals surface area (Å²) in [5.41, 5.74) is 4.43. The van der Waals surface area contributed by atoms with E-state index in [0.29, 0.717) is 30.9 Å². The highest BCUT2D eigenvalue weighted by Crippen LogP contribution is 2.45. The molecule has 48 heavy (non-hydrogen) atoms. The molecule has 0 aromatic heterocycles. The first-order chi connectivity index (χ1) is 22.1. The van der Waals surface area contributed by atoms with E-state index in [2.05, 4.69) is 19.2 Å². The molecular formula is C37H66N2O8Si. The first-order valence-electron chi connectivity index (χ1n) is 17.5. The molecule has 4 N–H and O–H groups in total. The number of esters is 1. The summed E-state index contributed by atoms with van der Waals surface area (Å²) in [6.45, 7) is 24.3. The van der Waals surface area contributed by atoms with E-state index in [1.54, 1.807) is 39.2 Å². The second-order valence-electron chi connectivity index (χ2n) is 16.0. The van der Waals surface area contributed by atoms with Crippen LogP contribution in [0.1, 0.15) is 98.9 Å². The number of rotatable bonds is 20. The Bertz CT molecular complexity index is 1160. The van der Waals surface area contributed by atoms with Crippen LogP contribution in [0.2, 0.25) is 13.1 Å². The largest absolute Gasteiger partial charge is 0.493 e. The number of benzene rings is 1. The molecule has 0 fully saturated rings. The quantitative estimate of drug-likeness (QED) is 0.0812. The zero-order valence-corrected chi connectivity index (χ0v) is 33.1. The number of nitrogens with one attached hydrogen (secondary N) is 1. The topological polar surface area (TPSA) is 146 Å². The van der Waals surface area contributed by atoms with Crippen molar-refractivity contribution in [3.05, 3.63) is 29.8 Å². The van der Waals surface area contributed by atoms with Gasteiger partial charge >= 0.3 is 11.9 Å². The van der Waals surface area contributed by atoms with Crippen molar-refractivity contribution in [2.75, 3.05) is 26.9 Å². The number of methoxy groups -OCH3 is 1. The minimum Gasteiger partial charge on any atom is -0.493 e. The lowest BCUT2D eigenvalue weighted by molar-refractivity contribution is -0.176. The molecule has 0 spiro atoms. The van der Waals surface area contributed by atoms with E-state index in [1.165, 1.54) is 0 Å². The van der Waals surface area contributed by atoms with E-state index in [4.69, 9.17) is 24.4 Å². The Morgan fingerprint density at radius 3 is 2.02 bits per heavy atom. The summed E-state index contributed by atoms with van der Waals surface area (Å²) in [6.07, 6.45) is 1.98. The highest BCUT2D eigenvalue weighted by Gasteiger charge is 2.56. The minimum absolute atomic E-state index is 0.0630. The molecule has 0 saturated carbocycles. The predicted octanol–water partition coefficient (Wildman–Crippen LogP) is 6.31. The van der Waals surface area contributed by atoms with Gasteiger partial charge < -0.3 is 34.8 Å². The average molecular weight is 695 g/mol. The summed E-state index contributed by atoms with van der Waals surface area (Å²) in [5, 5.41) is 13.8. The van der Waals surface area contributed by atoms with Gasteiger partial charge in [0, 0.05) is 26.3 Å². The molecule has 1 aromatic carbocycles. The molecule has 0 bridgehead atoms. The van der Waals surface area contributed by atoms with Crippen molar-refractivity contribution in [3.63, 3.8) is 0 Å². The van der Waals surface area contributed by atoms with E-state index in [0.717, 1.165) is 12.8 Å². The van der Waals surface area contributed by atoms with Crippen molar-refractivity contribution in [1.29, 1.82) is 0 Å². The van der Waals surface area contributed by atoms with Crippen molar-refractivity contribution in [2.45, 2.75) is 119 Å². The number of carboxylic acids is 1. The first kappa shape index (κ1) is 43.5. The first-order valence-corrected chi connectivity index (χ1v) is 20.3. The molecule has 0 heterocycles. The maximum atomic E-state index is 14.2. The molecule has 0 aliphatic rings. The number of ether oxygens (including phenoxy) is 3. The Morgan fingerprint density at radius 2 is 1.54 bits per heavy atom. The monoisotopic (exact) mass is 694 g/mol. The van der Waals surface area contributed by atoms with Crippen LogP contribution in [0.3, 0.4) is 0 Å². The van der Waals surface area contributed by atoms with Crippen LogP contribution in [0.25, 0.3) is 0 Å². The third-order valence-corrected chi connectivity index (χ3v) is 9.67. The van der Waals surface area contributed by atoms with E-state index >= 15 is 0 Å². The van der Waals surface area contributed by atoms with Gasteiger partial charge in [-0.2, -0.15) is 0 Å². The van der Waals surface area contributed by atoms with Gasteiger partial charge in [-0.05, 0) is 94.3 Å². The number of hydrogen-bond acceptors (Lipinski definition) is 8. The van der Waals surface area contributed by atoms with Crippen LogP contribution in [0.5, 0.6) is 5.75 Å². The third kappa shape index (κ3) is 12.8. The van der Waals surface area contributed by atoms with Gasteiger partial charge in [0.05, 0.1) is 18.1 Å². The van der Waals surface area contributed by atoms with Gasteiger partial charge in [0.2, 0.25) is 0 Å². The SMILES string of the molecule is COCCCCOc1ccccc1C(=O)NC[C@@H](C[C@H](C(=O)OC(C)(C)C)[C@H](C(N)[C@](O[SiH](C)C)(C(=O)O)C(C)C)C(C)(C)C)C(C)C. The van der Waals surface area contributed by atoms with Crippen LogP contribution in [0.15, 0.2) is 24.3 Å². The Labute approximate surface area is 291 Å². The Morgan fingerprint density at radius 1 is 0.958 bits per heavy atom. The maximum Gasteiger partial charge on any atom is 0.336 e. The summed E-state index contributed by atoms with van der Waals surface area (Å²) >= 11 is 0. The summed E-state index contributed by atoms with van der Waals surface area (Å²) in [5.74, 6) is -3.31. The second-order valence-corrected chi connectivity index (χ2v) is 18.3. The van der Waals surface area contributed by atoms with E-state index < -0.39 is 61.4 Å². The van der Waals surface area contributed by atoms with Gasteiger partial charge in [-0.25, -0.2) is 4.79 Å². The van der Waals surface area contributed by atoms with Gasteiger partial charge in [0.25, 0.3) is 5.91 Å². The second kappa shape index (κ2) is 19.1. The number of carbonyl (C=O) groups excluding carboxylic acids is 2. The molecule has 10 nitrogen and oxygen atoms in total. The van der Waals surface area contributed by atoms with Crippen molar-refractivity contribution in [2.24, 2.45) is 40.7 Å². The lowest BCUT2D eigenvalue weighted by Crippen LogP contribution is -2.66. The lowest BCUT2D eigenvalue weighted by Gasteiger charge is -2.49. The van der Waals surface area contributed by atoms with Crippen LogP contribution in [0.4, 0.5) is 0 Å². The highest BCUT2D eigenvalue weighted by atomic mass is 28.3. The van der Waals surface area contributed by atoms with E-state index in [1.807, 2.05) is 60.7 Å². The highest BCUT2D eigenvalue weighted by molar-refractivity contribution is 6.48. The molecule has 0 radical (unpaired) electrons. The number of carboxylic acid groups (broad SMARTS) is 1. The predicted molar refractivity (Wildman–Crippen MR) is 194 cm³/mol. The van der Waals surface area contributed by atoms with Gasteiger partial charge in [-0.1, -0.05) is 60.6 Å². The zero-order valence-electron chi connectivity index (χ0n) is 32.0. The average Bonchev–Trinajstić information content (AvgIpc) is 2.94. The molecule has 5 atom stereocenters. The maximum absolute atomic E-state index is 14.2. The Hall–Kier alpha value is -2.47. The zero-order chi connectivity index (χ0) is 37.0. The number of carbonyl (C=O) groups is 3. The van der Waals surface area contributed by atoms with Crippen molar-refractivity contribution in [1.82, 2.24) is 5.32 Å². The number of unbranched alkanes of at least 4 members (excludes halogenated alkanes) is 1. The summed E-state index contributed by atoms with van der Waals surface area (Å²) in [7, 11) is -0.242. The Balaban J connectivity index is 3.55. The molecule has 1 rings (SSSR count). The number of hydrogen-bond donors (Lipinski definition) is 3. The van der Waals surface area contributed by atoms with Gasteiger partial charge in [0.15, 0.2) is 14.6 Å². The molecule has 1 aromatic rings. The number of amides is 1. The van der Waals surface area contributed by atoms with Gasteiger partial charge in [-0.3, -0.25) is 9.59 Å². The number of para-hydroxylation sites is 1. The van der Waals surface area contributed by atoms with E-state index in [9.17, 15) is 19.5 Å². The summed E-state index contributed by atoms with van der Waals surface area (Å²) < 4.78 is 23.4. The lowest BCUT2D eigenvalue weighted by atomic mass is 9.61. The fourth-order valence-corrected chi connectivity index (χ4v) is 7.71. The van der Waals surface area contributed by atoms with Crippen LogP contribution in [-0.4, -0.2) is 76.1 Å². The third-order valence-electron chi connectivity index (χ3n) is 8.80. The molecular weight excluding hydrogens is 628 g/mol. The van der Waals surface area contributed by atoms with Crippen LogP contribution >= 0.6 is 0 Å². The van der Waals surface area contributed by atoms with Crippen LogP contribution in [-0.2, 0) is 23.5 Å². The molecule has 11 heteroatoms. The van der Waals surface area contributed by atoms with Crippen molar-refractivity contribution < 1.29 is 38.1 Å². The normalized spacial score (nSPS) is 16.3. The number of nitrogens with two attached hydrogens (primary N) is 1. The fraction of sp³-hybridized carbons (Fsp3) is 0.757. The smallest absolute Gasteiger partial charge is 0.336 e. The molecule has 0 aliphatic heterocycles. The minimum atomic E-state index is -1.91. The number of aliphatic carboxylic acids is 1. The summed E-state index contributed by atoms with van der Waals surface area (Å²) in [6, 6.07) is 6.12. The molecule has 0 saturated heterocycles. The molecule has 276 valence electrons.